The van der Waals surface area contributed by atoms with Crippen LogP contribution in [-0.2, 0) is 15.0 Å². The second-order valence-corrected chi connectivity index (χ2v) is 8.31. The quantitative estimate of drug-likeness (QED) is 0.702. The van der Waals surface area contributed by atoms with Crippen molar-refractivity contribution in [2.45, 2.75) is 12.6 Å². The first-order valence-electron chi connectivity index (χ1n) is 8.27. The lowest BCUT2D eigenvalue weighted by molar-refractivity contribution is -0.134. The monoisotopic (exact) mass is 417 g/mol. The van der Waals surface area contributed by atoms with Gasteiger partial charge < -0.3 is 10.3 Å². The van der Waals surface area contributed by atoms with E-state index in [2.05, 4.69) is 15.3 Å². The number of hydrogen-bond donors (Lipinski definition) is 2. The molecule has 2 aromatic heterocycles. The van der Waals surface area contributed by atoms with Gasteiger partial charge in [0.2, 0.25) is 6.41 Å². The lowest BCUT2D eigenvalue weighted by Crippen LogP contribution is -2.46. The Morgan fingerprint density at radius 1 is 1.43 bits per heavy atom. The summed E-state index contributed by atoms with van der Waals surface area (Å²) in [6.07, 6.45) is -0.449. The van der Waals surface area contributed by atoms with Gasteiger partial charge in [-0.2, -0.15) is 30.2 Å². The third kappa shape index (κ3) is 4.18. The zero-order valence-electron chi connectivity index (χ0n) is 14.8. The molecule has 3 heterocycles. The first-order chi connectivity index (χ1) is 13.1. The molecule has 0 bridgehead atoms. The fraction of sp³-hybridized carbons (Fsp3) is 0.375. The van der Waals surface area contributed by atoms with Gasteiger partial charge in [0.15, 0.2) is 0 Å². The van der Waals surface area contributed by atoms with E-state index in [9.17, 15) is 26.4 Å². The smallest absolute Gasteiger partial charge is 0.346 e. The Hall–Kier alpha value is -2.44. The molecule has 1 aliphatic rings. The molecule has 0 unspecified atom stereocenters. The summed E-state index contributed by atoms with van der Waals surface area (Å²) in [6.45, 7) is -1.55. The van der Waals surface area contributed by atoms with Gasteiger partial charge in [0, 0.05) is 31.7 Å². The molecule has 2 N–H and O–H groups in total. The zero-order valence-corrected chi connectivity index (χ0v) is 15.6. The normalized spacial score (nSPS) is 16.4. The Morgan fingerprint density at radius 2 is 2.18 bits per heavy atom. The number of pyridine rings is 1. The fourth-order valence-corrected chi connectivity index (χ4v) is 4.36. The Labute approximate surface area is 159 Å². The highest BCUT2D eigenvalue weighted by molar-refractivity contribution is 7.86. The second kappa shape index (κ2) is 7.53. The maximum Gasteiger partial charge on any atom is 0.402 e. The van der Waals surface area contributed by atoms with Gasteiger partial charge in [-0.15, -0.1) is 0 Å². The number of hydrogen-bond acceptors (Lipinski definition) is 4. The van der Waals surface area contributed by atoms with Gasteiger partial charge in [0.25, 0.3) is 10.2 Å². The minimum Gasteiger partial charge on any atom is -0.346 e. The molecule has 0 aliphatic carbocycles. The largest absolute Gasteiger partial charge is 0.402 e. The average Bonchev–Trinajstić information content (AvgIpc) is 3.08. The van der Waals surface area contributed by atoms with Gasteiger partial charge in [-0.05, 0) is 29.7 Å². The molecule has 0 aromatic carbocycles. The van der Waals surface area contributed by atoms with Gasteiger partial charge in [-0.1, -0.05) is 6.08 Å². The van der Waals surface area contributed by atoms with Crippen LogP contribution >= 0.6 is 0 Å². The minimum absolute atomic E-state index is 0.0427. The molecule has 2 aromatic rings. The first kappa shape index (κ1) is 20.3. The Kier molecular flexibility index (Phi) is 5.46. The van der Waals surface area contributed by atoms with Gasteiger partial charge in [0.1, 0.15) is 18.0 Å². The lowest BCUT2D eigenvalue weighted by atomic mass is 9.98. The topological polar surface area (TPSA) is 98.4 Å². The number of anilines is 1. The second-order valence-electron chi connectivity index (χ2n) is 6.27. The summed E-state index contributed by atoms with van der Waals surface area (Å²) in [4.78, 5) is 17.9. The Balaban J connectivity index is 1.85. The maximum atomic E-state index is 12.5. The van der Waals surface area contributed by atoms with Crippen LogP contribution in [0.1, 0.15) is 12.0 Å². The number of halogens is 3. The van der Waals surface area contributed by atoms with E-state index in [0.29, 0.717) is 28.6 Å². The molecule has 1 amide bonds. The zero-order chi connectivity index (χ0) is 20.5. The number of aromatic amines is 1. The lowest BCUT2D eigenvalue weighted by Gasteiger charge is -2.30. The van der Waals surface area contributed by atoms with E-state index in [1.807, 2.05) is 6.07 Å². The van der Waals surface area contributed by atoms with Crippen LogP contribution in [0, 0.1) is 0 Å². The predicted molar refractivity (Wildman–Crippen MR) is 97.6 cm³/mol. The number of alkyl halides is 3. The Bertz CT molecular complexity index is 1020. The summed E-state index contributed by atoms with van der Waals surface area (Å²) >= 11 is 0. The van der Waals surface area contributed by atoms with Crippen molar-refractivity contribution in [3.8, 4) is 0 Å². The van der Waals surface area contributed by atoms with E-state index < -0.39 is 22.9 Å². The Morgan fingerprint density at radius 3 is 2.79 bits per heavy atom. The summed E-state index contributed by atoms with van der Waals surface area (Å²) in [5.41, 5.74) is 2.16. The van der Waals surface area contributed by atoms with E-state index in [4.69, 9.17) is 0 Å². The van der Waals surface area contributed by atoms with Crippen molar-refractivity contribution in [1.29, 1.82) is 0 Å². The molecule has 0 atom stereocenters. The summed E-state index contributed by atoms with van der Waals surface area (Å²) < 4.78 is 63.6. The fourth-order valence-electron chi connectivity index (χ4n) is 3.07. The highest BCUT2D eigenvalue weighted by Gasteiger charge is 2.37. The molecule has 28 heavy (non-hydrogen) atoms. The summed E-state index contributed by atoms with van der Waals surface area (Å²) in [5, 5.41) is 3.28. The van der Waals surface area contributed by atoms with Crippen LogP contribution in [0.2, 0.25) is 0 Å². The molecular formula is C16H18F3N5O3S. The molecule has 152 valence electrons. The van der Waals surface area contributed by atoms with Crippen LogP contribution in [0.5, 0.6) is 0 Å². The number of nitrogens with one attached hydrogen (secondary N) is 2. The summed E-state index contributed by atoms with van der Waals surface area (Å²) in [7, 11) is -3.32. The molecule has 8 nitrogen and oxygen atoms in total. The van der Waals surface area contributed by atoms with Gasteiger partial charge in [0.05, 0.1) is 0 Å². The first-order valence-corrected chi connectivity index (χ1v) is 9.67. The van der Waals surface area contributed by atoms with Gasteiger partial charge >= 0.3 is 6.18 Å². The molecular weight excluding hydrogens is 399 g/mol. The van der Waals surface area contributed by atoms with Gasteiger partial charge in [-0.25, -0.2) is 4.98 Å². The van der Waals surface area contributed by atoms with E-state index in [1.54, 1.807) is 18.3 Å². The summed E-state index contributed by atoms with van der Waals surface area (Å²) in [6, 6.07) is 3.49. The third-order valence-corrected chi connectivity index (χ3v) is 6.28. The highest BCUT2D eigenvalue weighted by atomic mass is 32.2. The number of amides is 1. The summed E-state index contributed by atoms with van der Waals surface area (Å²) in [5.74, 6) is 0.334. The number of nitrogens with zero attached hydrogens (tertiary/aromatic N) is 3. The number of carbonyl (C=O) groups excluding carboxylic acids is 1. The minimum atomic E-state index is -4.61. The number of fused-ring (bicyclic) bond motifs is 1. The van der Waals surface area contributed by atoms with Gasteiger partial charge in [-0.3, -0.25) is 4.79 Å². The van der Waals surface area contributed by atoms with Crippen LogP contribution < -0.4 is 5.32 Å². The number of H-pyrrole nitrogens is 1. The number of aromatic nitrogens is 2. The van der Waals surface area contributed by atoms with E-state index >= 15 is 0 Å². The van der Waals surface area contributed by atoms with E-state index in [1.165, 1.54) is 0 Å². The van der Waals surface area contributed by atoms with Crippen molar-refractivity contribution in [3.63, 3.8) is 0 Å². The number of rotatable bonds is 6. The van der Waals surface area contributed by atoms with E-state index in [-0.39, 0.29) is 13.1 Å². The number of carbonyl (C=O) groups is 1. The van der Waals surface area contributed by atoms with Crippen molar-refractivity contribution in [1.82, 2.24) is 18.6 Å². The van der Waals surface area contributed by atoms with Crippen molar-refractivity contribution >= 4 is 39.0 Å². The van der Waals surface area contributed by atoms with Crippen LogP contribution in [0.3, 0.4) is 0 Å². The van der Waals surface area contributed by atoms with Crippen molar-refractivity contribution in [3.05, 3.63) is 30.0 Å². The third-order valence-electron chi connectivity index (χ3n) is 4.38. The van der Waals surface area contributed by atoms with Crippen LogP contribution in [0.4, 0.5) is 19.0 Å². The molecule has 3 rings (SSSR count). The standard InChI is InChI=1S/C16H18F3N5O3S/c1-23(9-16(17,18)19)28(26,27)24-6-3-11(4-7-24)13-8-14(21-10-25)22-15-12(13)2-5-20-15/h2-3,5,8,10H,4,6-7,9H2,1H3,(H2,20,21,22,25). The molecule has 0 fully saturated rings. The molecule has 0 saturated heterocycles. The maximum absolute atomic E-state index is 12.5. The molecule has 0 spiro atoms. The molecule has 0 radical (unpaired) electrons. The van der Waals surface area contributed by atoms with Crippen molar-refractivity contribution in [2.24, 2.45) is 0 Å². The predicted octanol–water partition coefficient (Wildman–Crippen LogP) is 1.96. The average molecular weight is 417 g/mol. The van der Waals surface area contributed by atoms with Crippen LogP contribution in [0.25, 0.3) is 16.6 Å². The molecule has 0 saturated carbocycles. The SMILES string of the molecule is CN(CC(F)(F)F)S(=O)(=O)N1CC=C(c2cc(NC=O)nc3[nH]ccc23)CC1. The van der Waals surface area contributed by atoms with Crippen molar-refractivity contribution < 1.29 is 26.4 Å². The van der Waals surface area contributed by atoms with Crippen molar-refractivity contribution in [2.75, 3.05) is 32.0 Å². The van der Waals surface area contributed by atoms with E-state index in [0.717, 1.165) is 27.9 Å². The van der Waals surface area contributed by atoms with Crippen LogP contribution in [0.15, 0.2) is 24.4 Å². The van der Waals surface area contributed by atoms with Crippen LogP contribution in [-0.4, -0.2) is 66.3 Å². The molecule has 12 heteroatoms. The molecule has 1 aliphatic heterocycles. The highest BCUT2D eigenvalue weighted by Crippen LogP contribution is 2.31.